The van der Waals surface area contributed by atoms with Crippen molar-refractivity contribution in [3.8, 4) is 0 Å². The van der Waals surface area contributed by atoms with Gasteiger partial charge in [-0.25, -0.2) is 8.78 Å². The van der Waals surface area contributed by atoms with E-state index in [9.17, 15) is 26.7 Å². The van der Waals surface area contributed by atoms with E-state index in [1.54, 1.807) is 18.1 Å². The number of piperazine rings is 1. The summed E-state index contributed by atoms with van der Waals surface area (Å²) in [5.74, 6) is 0.264. The molecule has 3 saturated heterocycles. The normalized spacial score (nSPS) is 34.1. The Hall–Kier alpha value is -2.01. The third-order valence-electron chi connectivity index (χ3n) is 8.96. The lowest BCUT2D eigenvalue weighted by molar-refractivity contribution is -0.146. The Morgan fingerprint density at radius 2 is 2.08 bits per heavy atom. The monoisotopic (exact) mass is 531 g/mol. The van der Waals surface area contributed by atoms with Crippen LogP contribution in [0.4, 0.5) is 27.6 Å². The Morgan fingerprint density at radius 1 is 1.27 bits per heavy atom. The molecule has 1 aromatic heterocycles. The highest BCUT2D eigenvalue weighted by Gasteiger charge is 2.54. The van der Waals surface area contributed by atoms with Crippen molar-refractivity contribution in [2.45, 2.75) is 75.7 Å². The van der Waals surface area contributed by atoms with Crippen molar-refractivity contribution in [1.29, 1.82) is 0 Å². The van der Waals surface area contributed by atoms with E-state index in [0.717, 1.165) is 31.5 Å². The maximum Gasteiger partial charge on any atom is 0.433 e. The average Bonchev–Trinajstić information content (AvgIpc) is 3.58. The van der Waals surface area contributed by atoms with Gasteiger partial charge in [-0.15, -0.1) is 0 Å². The molecule has 1 aliphatic carbocycles. The van der Waals surface area contributed by atoms with Crippen molar-refractivity contribution in [3.05, 3.63) is 24.0 Å². The second-order valence-electron chi connectivity index (χ2n) is 11.2. The third kappa shape index (κ3) is 5.30. The number of halogens is 5. The van der Waals surface area contributed by atoms with E-state index in [1.165, 1.54) is 0 Å². The molecule has 37 heavy (non-hydrogen) atoms. The van der Waals surface area contributed by atoms with E-state index in [1.807, 2.05) is 4.90 Å². The minimum Gasteiger partial charge on any atom is -0.379 e. The number of anilines is 1. The fourth-order valence-corrected chi connectivity index (χ4v) is 7.20. The Balaban J connectivity index is 1.27. The van der Waals surface area contributed by atoms with Crippen LogP contribution in [0, 0.1) is 17.3 Å². The summed E-state index contributed by atoms with van der Waals surface area (Å²) in [6.07, 6.45) is -2.47. The number of pyridine rings is 1. The zero-order valence-electron chi connectivity index (χ0n) is 20.9. The van der Waals surface area contributed by atoms with Crippen LogP contribution >= 0.6 is 0 Å². The fourth-order valence-electron chi connectivity index (χ4n) is 7.20. The number of aromatic nitrogens is 1. The van der Waals surface area contributed by atoms with E-state index in [-0.39, 0.29) is 30.0 Å². The summed E-state index contributed by atoms with van der Waals surface area (Å²) < 4.78 is 78.1. The van der Waals surface area contributed by atoms with Crippen LogP contribution in [0.1, 0.15) is 50.6 Å². The highest BCUT2D eigenvalue weighted by Crippen LogP contribution is 2.51. The van der Waals surface area contributed by atoms with Gasteiger partial charge in [0.05, 0.1) is 24.2 Å². The highest BCUT2D eigenvalue weighted by atomic mass is 19.4. The SMILES string of the molecule is CO[C@@H]1COCC[C@@H]1C[C@@H]1CC[C@](CC(F)F)(C(=O)N2C[C@H]3C[C@@H]2CN3c2ccnc(C(F)(F)F)c2)C1. The van der Waals surface area contributed by atoms with Gasteiger partial charge in [0.25, 0.3) is 0 Å². The molecule has 3 aliphatic heterocycles. The van der Waals surface area contributed by atoms with E-state index >= 15 is 0 Å². The molecule has 4 heterocycles. The van der Waals surface area contributed by atoms with Crippen LogP contribution in [-0.4, -0.2) is 73.8 Å². The van der Waals surface area contributed by atoms with Crippen molar-refractivity contribution >= 4 is 11.6 Å². The van der Waals surface area contributed by atoms with Crippen LogP contribution in [0.3, 0.4) is 0 Å². The van der Waals surface area contributed by atoms with Gasteiger partial charge in [-0.3, -0.25) is 9.78 Å². The quantitative estimate of drug-likeness (QED) is 0.475. The standard InChI is InChI=1S/C26H34F5N3O3/c1-36-21-15-37-7-4-17(21)8-16-2-5-25(11-16,12-23(27)28)24(35)34-14-19-9-20(34)13-33(19)18-3-6-32-22(10-18)26(29,30)31/h3,6,10,16-17,19-21,23H,2,4-5,7-9,11-15H2,1H3/t16-,17+,19+,20+,21+,25-/m0/s1. The number of carbonyl (C=O) groups is 1. The van der Waals surface area contributed by atoms with Crippen molar-refractivity contribution in [1.82, 2.24) is 9.88 Å². The summed E-state index contributed by atoms with van der Waals surface area (Å²) >= 11 is 0. The van der Waals surface area contributed by atoms with E-state index < -0.39 is 30.1 Å². The van der Waals surface area contributed by atoms with Gasteiger partial charge in [0, 0.05) is 51.2 Å². The number of alkyl halides is 5. The largest absolute Gasteiger partial charge is 0.433 e. The first-order valence-corrected chi connectivity index (χ1v) is 13.1. The molecule has 1 aromatic rings. The van der Waals surface area contributed by atoms with Crippen LogP contribution in [0.25, 0.3) is 0 Å². The number of ether oxygens (including phenoxy) is 2. The van der Waals surface area contributed by atoms with Crippen LogP contribution in [-0.2, 0) is 20.4 Å². The number of amides is 1. The molecule has 2 bridgehead atoms. The summed E-state index contributed by atoms with van der Waals surface area (Å²) in [6, 6.07) is 2.26. The number of fused-ring (bicyclic) bond motifs is 2. The van der Waals surface area contributed by atoms with Crippen molar-refractivity contribution < 1.29 is 36.2 Å². The molecule has 206 valence electrons. The Morgan fingerprint density at radius 3 is 2.76 bits per heavy atom. The number of methoxy groups -OCH3 is 1. The predicted octanol–water partition coefficient (Wildman–Crippen LogP) is 4.77. The summed E-state index contributed by atoms with van der Waals surface area (Å²) in [4.78, 5) is 20.9. The maximum atomic E-state index is 13.9. The number of likely N-dealkylation sites (tertiary alicyclic amines) is 1. The maximum absolute atomic E-state index is 13.9. The second kappa shape index (κ2) is 10.3. The van der Waals surface area contributed by atoms with Crippen molar-refractivity contribution in [3.63, 3.8) is 0 Å². The fraction of sp³-hybridized carbons (Fsp3) is 0.769. The molecule has 0 unspecified atom stereocenters. The van der Waals surface area contributed by atoms with E-state index in [2.05, 4.69) is 4.98 Å². The first kappa shape index (κ1) is 26.6. The second-order valence-corrected chi connectivity index (χ2v) is 11.2. The Kier molecular flexibility index (Phi) is 7.39. The van der Waals surface area contributed by atoms with Gasteiger partial charge in [-0.1, -0.05) is 0 Å². The van der Waals surface area contributed by atoms with Crippen LogP contribution in [0.2, 0.25) is 0 Å². The lowest BCUT2D eigenvalue weighted by atomic mass is 9.78. The van der Waals surface area contributed by atoms with Crippen LogP contribution < -0.4 is 4.90 Å². The molecule has 0 N–H and O–H groups in total. The minimum absolute atomic E-state index is 0.0131. The predicted molar refractivity (Wildman–Crippen MR) is 125 cm³/mol. The molecular formula is C26H34F5N3O3. The highest BCUT2D eigenvalue weighted by molar-refractivity contribution is 5.84. The Bertz CT molecular complexity index is 979. The molecule has 1 saturated carbocycles. The summed E-state index contributed by atoms with van der Waals surface area (Å²) in [6.45, 7) is 1.93. The average molecular weight is 532 g/mol. The Labute approximate surface area is 213 Å². The zero-order chi connectivity index (χ0) is 26.4. The molecule has 11 heteroatoms. The van der Waals surface area contributed by atoms with E-state index in [0.29, 0.717) is 57.2 Å². The molecule has 0 aromatic carbocycles. The third-order valence-corrected chi connectivity index (χ3v) is 8.96. The molecule has 0 radical (unpaired) electrons. The lowest BCUT2D eigenvalue weighted by Gasteiger charge is -2.40. The number of hydrogen-bond acceptors (Lipinski definition) is 5. The molecule has 6 atom stereocenters. The first-order valence-electron chi connectivity index (χ1n) is 13.1. The minimum atomic E-state index is -4.54. The van der Waals surface area contributed by atoms with Gasteiger partial charge in [-0.2, -0.15) is 13.2 Å². The van der Waals surface area contributed by atoms with Gasteiger partial charge >= 0.3 is 6.18 Å². The number of nitrogens with zero attached hydrogens (tertiary/aromatic N) is 3. The van der Waals surface area contributed by atoms with Crippen LogP contribution in [0.5, 0.6) is 0 Å². The summed E-state index contributed by atoms with van der Waals surface area (Å²) in [7, 11) is 1.66. The molecule has 4 fully saturated rings. The number of rotatable bonds is 7. The molecule has 5 rings (SSSR count). The van der Waals surface area contributed by atoms with Crippen molar-refractivity contribution in [2.24, 2.45) is 17.3 Å². The molecule has 1 amide bonds. The first-order chi connectivity index (χ1) is 17.6. The smallest absolute Gasteiger partial charge is 0.379 e. The molecule has 0 spiro atoms. The van der Waals surface area contributed by atoms with Gasteiger partial charge < -0.3 is 19.3 Å². The van der Waals surface area contributed by atoms with Crippen molar-refractivity contribution in [2.75, 3.05) is 38.3 Å². The van der Waals surface area contributed by atoms with Gasteiger partial charge in [0.15, 0.2) is 0 Å². The number of carbonyl (C=O) groups excluding carboxylic acids is 1. The molecule has 4 aliphatic rings. The molecule has 6 nitrogen and oxygen atoms in total. The summed E-state index contributed by atoms with van der Waals surface area (Å²) in [5.41, 5.74) is -1.61. The van der Waals surface area contributed by atoms with Gasteiger partial charge in [-0.05, 0) is 62.5 Å². The summed E-state index contributed by atoms with van der Waals surface area (Å²) in [5, 5.41) is 0. The van der Waals surface area contributed by atoms with Gasteiger partial charge in [0.2, 0.25) is 12.3 Å². The molecular weight excluding hydrogens is 497 g/mol. The van der Waals surface area contributed by atoms with E-state index in [4.69, 9.17) is 9.47 Å². The zero-order valence-corrected chi connectivity index (χ0v) is 20.9. The van der Waals surface area contributed by atoms with Crippen LogP contribution in [0.15, 0.2) is 18.3 Å². The topological polar surface area (TPSA) is 54.9 Å². The van der Waals surface area contributed by atoms with Gasteiger partial charge in [0.1, 0.15) is 5.69 Å². The lowest BCUT2D eigenvalue weighted by Crippen LogP contribution is -2.53. The number of hydrogen-bond donors (Lipinski definition) is 0.